The number of aromatic hydroxyl groups is 1. The second-order valence-corrected chi connectivity index (χ2v) is 7.36. The summed E-state index contributed by atoms with van der Waals surface area (Å²) in [5.74, 6) is 1.74. The van der Waals surface area contributed by atoms with E-state index in [1.165, 1.54) is 16.7 Å². The summed E-state index contributed by atoms with van der Waals surface area (Å²) in [5, 5.41) is 9.31. The summed E-state index contributed by atoms with van der Waals surface area (Å²) in [6.07, 6.45) is 0.907. The molecular weight excluding hydrogens is 308 g/mol. The average Bonchev–Trinajstić information content (AvgIpc) is 2.58. The largest absolute Gasteiger partial charge is 0.508 e. The van der Waals surface area contributed by atoms with Crippen LogP contribution in [0, 0.1) is 0 Å². The summed E-state index contributed by atoms with van der Waals surface area (Å²) in [6.45, 7) is 6.69. The van der Waals surface area contributed by atoms with Crippen molar-refractivity contribution in [3.8, 4) is 17.2 Å². The highest BCUT2D eigenvalue weighted by molar-refractivity contribution is 5.37. The summed E-state index contributed by atoms with van der Waals surface area (Å²) >= 11 is 0. The molecular formula is C23H24O2. The Balaban J connectivity index is 1.65. The topological polar surface area (TPSA) is 29.5 Å². The fourth-order valence-corrected chi connectivity index (χ4v) is 2.68. The van der Waals surface area contributed by atoms with Crippen LogP contribution in [0.4, 0.5) is 0 Å². The molecule has 0 atom stereocenters. The summed E-state index contributed by atoms with van der Waals surface area (Å²) in [7, 11) is 0. The fraction of sp³-hybridized carbons (Fsp3) is 0.217. The van der Waals surface area contributed by atoms with Crippen LogP contribution in [-0.4, -0.2) is 5.11 Å². The highest BCUT2D eigenvalue weighted by atomic mass is 16.5. The minimum atomic E-state index is 0.186. The van der Waals surface area contributed by atoms with Crippen molar-refractivity contribution in [3.05, 3.63) is 89.5 Å². The van der Waals surface area contributed by atoms with Crippen LogP contribution in [0.1, 0.15) is 37.5 Å². The zero-order chi connectivity index (χ0) is 17.9. The maximum atomic E-state index is 9.31. The van der Waals surface area contributed by atoms with Gasteiger partial charge in [0.05, 0.1) is 0 Å². The average molecular weight is 332 g/mol. The second kappa shape index (κ2) is 7.02. The third-order valence-electron chi connectivity index (χ3n) is 4.22. The Kier molecular flexibility index (Phi) is 4.80. The molecule has 2 nitrogen and oxygen atoms in total. The van der Waals surface area contributed by atoms with E-state index in [0.29, 0.717) is 5.75 Å². The van der Waals surface area contributed by atoms with Crippen LogP contribution >= 0.6 is 0 Å². The van der Waals surface area contributed by atoms with Crippen molar-refractivity contribution < 1.29 is 9.84 Å². The molecule has 0 bridgehead atoms. The van der Waals surface area contributed by atoms with Gasteiger partial charge in [-0.2, -0.15) is 0 Å². The molecule has 3 aromatic carbocycles. The van der Waals surface area contributed by atoms with Crippen molar-refractivity contribution in [2.24, 2.45) is 0 Å². The van der Waals surface area contributed by atoms with Crippen molar-refractivity contribution in [2.45, 2.75) is 32.6 Å². The quantitative estimate of drug-likeness (QED) is 0.628. The molecule has 0 aliphatic rings. The van der Waals surface area contributed by atoms with Gasteiger partial charge in [0.1, 0.15) is 17.2 Å². The molecule has 2 heteroatoms. The Bertz CT molecular complexity index is 808. The van der Waals surface area contributed by atoms with Crippen LogP contribution in [0.15, 0.2) is 72.8 Å². The predicted molar refractivity (Wildman–Crippen MR) is 103 cm³/mol. The number of hydrogen-bond acceptors (Lipinski definition) is 2. The number of hydrogen-bond donors (Lipinski definition) is 1. The van der Waals surface area contributed by atoms with Crippen LogP contribution in [0.25, 0.3) is 0 Å². The summed E-state index contributed by atoms with van der Waals surface area (Å²) < 4.78 is 5.78. The first kappa shape index (κ1) is 17.1. The van der Waals surface area contributed by atoms with Gasteiger partial charge in [0.15, 0.2) is 0 Å². The number of ether oxygens (including phenoxy) is 1. The van der Waals surface area contributed by atoms with E-state index < -0.39 is 0 Å². The number of benzene rings is 3. The third kappa shape index (κ3) is 4.63. The first-order chi connectivity index (χ1) is 11.9. The first-order valence-electron chi connectivity index (χ1n) is 8.55. The Labute approximate surface area is 149 Å². The molecule has 3 rings (SSSR count). The molecule has 0 saturated carbocycles. The molecule has 128 valence electrons. The van der Waals surface area contributed by atoms with Crippen LogP contribution in [-0.2, 0) is 11.8 Å². The molecule has 3 aromatic rings. The Morgan fingerprint density at radius 3 is 1.60 bits per heavy atom. The summed E-state index contributed by atoms with van der Waals surface area (Å²) in [6, 6.07) is 23.7. The molecule has 0 aromatic heterocycles. The van der Waals surface area contributed by atoms with Gasteiger partial charge < -0.3 is 9.84 Å². The van der Waals surface area contributed by atoms with Gasteiger partial charge in [-0.1, -0.05) is 57.2 Å². The van der Waals surface area contributed by atoms with Crippen LogP contribution in [0.2, 0.25) is 0 Å². The Hall–Kier alpha value is -2.74. The van der Waals surface area contributed by atoms with Crippen LogP contribution in [0.5, 0.6) is 17.2 Å². The SMILES string of the molecule is CC(C)(C)c1ccc(Cc2ccc(Oc3ccc(O)cc3)cc2)cc1. The molecule has 0 aliphatic heterocycles. The van der Waals surface area contributed by atoms with E-state index in [1.54, 1.807) is 24.3 Å². The molecule has 0 unspecified atom stereocenters. The molecule has 0 amide bonds. The second-order valence-electron chi connectivity index (χ2n) is 7.36. The molecule has 0 radical (unpaired) electrons. The minimum Gasteiger partial charge on any atom is -0.508 e. The van der Waals surface area contributed by atoms with E-state index in [0.717, 1.165) is 12.2 Å². The lowest BCUT2D eigenvalue weighted by atomic mass is 9.86. The van der Waals surface area contributed by atoms with E-state index in [9.17, 15) is 5.11 Å². The maximum Gasteiger partial charge on any atom is 0.127 e. The lowest BCUT2D eigenvalue weighted by molar-refractivity contribution is 0.464. The molecule has 0 aliphatic carbocycles. The van der Waals surface area contributed by atoms with Crippen molar-refractivity contribution in [3.63, 3.8) is 0 Å². The molecule has 0 fully saturated rings. The number of phenols is 1. The fourth-order valence-electron chi connectivity index (χ4n) is 2.68. The van der Waals surface area contributed by atoms with Crippen LogP contribution in [0.3, 0.4) is 0 Å². The third-order valence-corrected chi connectivity index (χ3v) is 4.22. The zero-order valence-electron chi connectivity index (χ0n) is 15.0. The highest BCUT2D eigenvalue weighted by Crippen LogP contribution is 2.25. The van der Waals surface area contributed by atoms with Gasteiger partial charge in [-0.25, -0.2) is 0 Å². The Morgan fingerprint density at radius 1 is 0.680 bits per heavy atom. The van der Waals surface area contributed by atoms with Gasteiger partial charge in [0.25, 0.3) is 0 Å². The summed E-state index contributed by atoms with van der Waals surface area (Å²) in [4.78, 5) is 0. The lowest BCUT2D eigenvalue weighted by Gasteiger charge is -2.19. The standard InChI is InChI=1S/C23H24O2/c1-23(2,3)19-8-4-17(5-9-19)16-18-6-12-21(13-7-18)25-22-14-10-20(24)11-15-22/h4-15,24H,16H2,1-3H3. The first-order valence-corrected chi connectivity index (χ1v) is 8.55. The molecule has 25 heavy (non-hydrogen) atoms. The molecule has 0 saturated heterocycles. The van der Waals surface area contributed by atoms with E-state index >= 15 is 0 Å². The van der Waals surface area contributed by atoms with Crippen LogP contribution < -0.4 is 4.74 Å². The molecule has 0 heterocycles. The molecule has 0 spiro atoms. The zero-order valence-corrected chi connectivity index (χ0v) is 15.0. The minimum absolute atomic E-state index is 0.186. The van der Waals surface area contributed by atoms with Gasteiger partial charge in [0.2, 0.25) is 0 Å². The normalized spacial score (nSPS) is 11.3. The number of phenolic OH excluding ortho intramolecular Hbond substituents is 1. The summed E-state index contributed by atoms with van der Waals surface area (Å²) in [5.41, 5.74) is 4.10. The van der Waals surface area contributed by atoms with Gasteiger partial charge in [-0.05, 0) is 64.9 Å². The predicted octanol–water partition coefficient (Wildman–Crippen LogP) is 6.07. The van der Waals surface area contributed by atoms with E-state index in [-0.39, 0.29) is 11.2 Å². The van der Waals surface area contributed by atoms with Crippen molar-refractivity contribution in [1.29, 1.82) is 0 Å². The smallest absolute Gasteiger partial charge is 0.127 e. The number of rotatable bonds is 4. The van der Waals surface area contributed by atoms with Gasteiger partial charge in [0, 0.05) is 0 Å². The van der Waals surface area contributed by atoms with E-state index in [4.69, 9.17) is 4.74 Å². The monoisotopic (exact) mass is 332 g/mol. The lowest BCUT2D eigenvalue weighted by Crippen LogP contribution is -2.10. The van der Waals surface area contributed by atoms with Crippen molar-refractivity contribution in [2.75, 3.05) is 0 Å². The van der Waals surface area contributed by atoms with Crippen molar-refractivity contribution in [1.82, 2.24) is 0 Å². The highest BCUT2D eigenvalue weighted by Gasteiger charge is 2.12. The van der Waals surface area contributed by atoms with E-state index in [2.05, 4.69) is 57.2 Å². The van der Waals surface area contributed by atoms with Gasteiger partial charge in [-0.15, -0.1) is 0 Å². The van der Waals surface area contributed by atoms with E-state index in [1.807, 2.05) is 12.1 Å². The maximum absolute atomic E-state index is 9.31. The molecule has 1 N–H and O–H groups in total. The Morgan fingerprint density at radius 2 is 1.12 bits per heavy atom. The van der Waals surface area contributed by atoms with Gasteiger partial charge in [-0.3, -0.25) is 0 Å². The van der Waals surface area contributed by atoms with Crippen molar-refractivity contribution >= 4 is 0 Å². The van der Waals surface area contributed by atoms with Gasteiger partial charge >= 0.3 is 0 Å².